The molecule has 3 unspecified atom stereocenters. The topological polar surface area (TPSA) is 98.1 Å². The number of aromatic nitrogens is 4. The van der Waals surface area contributed by atoms with Gasteiger partial charge < -0.3 is 19.1 Å². The first kappa shape index (κ1) is 37.1. The second-order valence-corrected chi connectivity index (χ2v) is 17.8. The van der Waals surface area contributed by atoms with E-state index >= 15 is 4.39 Å². The Hall–Kier alpha value is -3.52. The summed E-state index contributed by atoms with van der Waals surface area (Å²) < 4.78 is 52.3. The number of ether oxygens (including phenoxy) is 3. The van der Waals surface area contributed by atoms with Crippen LogP contribution in [0.2, 0.25) is 10.0 Å². The van der Waals surface area contributed by atoms with Crippen molar-refractivity contribution >= 4 is 56.9 Å². The van der Waals surface area contributed by atoms with Crippen molar-refractivity contribution in [1.29, 1.82) is 0 Å². The number of carbonyl (C=O) groups is 1. The summed E-state index contributed by atoms with van der Waals surface area (Å²) in [4.78, 5) is 29.1. The van der Waals surface area contributed by atoms with E-state index in [-0.39, 0.29) is 53.1 Å². The van der Waals surface area contributed by atoms with E-state index < -0.39 is 23.1 Å². The predicted octanol–water partition coefficient (Wildman–Crippen LogP) is 8.64. The smallest absolute Gasteiger partial charge is 0.410 e. The molecule has 1 amide bonds. The standard InChI is InChI=1S/C40H47Cl2F2N7O4/c1-22-14-29-27(17-45-51(29)30-8-5-6-13-53-30)31(33(22)42)32-28(41)15-26-35(34(32)44)46-37(54-21-40-11-7-12-49(40)18-23(43)16-40)47-36(26)48-19-24-9-10-25(20-48)50(24)38(52)55-39(2,3)4/h14-15,17,23-25,30H,5-13,16,18-21H2,1-4H3/t23-,24?,25?,30?,40+/m1/s1. The molecule has 0 saturated carbocycles. The average Bonchev–Trinajstić information content (AvgIpc) is 3.88. The van der Waals surface area contributed by atoms with E-state index in [1.54, 1.807) is 12.3 Å². The maximum Gasteiger partial charge on any atom is 0.410 e. The quantitative estimate of drug-likeness (QED) is 0.190. The minimum atomic E-state index is -0.930. The summed E-state index contributed by atoms with van der Waals surface area (Å²) in [6.07, 6.45) is 6.77. The molecule has 5 fully saturated rings. The van der Waals surface area contributed by atoms with Gasteiger partial charge in [0, 0.05) is 54.6 Å². The van der Waals surface area contributed by atoms with Gasteiger partial charge in [0.05, 0.1) is 39.4 Å². The normalized spacial score (nSPS) is 27.1. The van der Waals surface area contributed by atoms with Crippen molar-refractivity contribution < 1.29 is 27.8 Å². The Morgan fingerprint density at radius 2 is 1.82 bits per heavy atom. The molecule has 2 aromatic carbocycles. The number of halogens is 4. The number of nitrogens with zero attached hydrogens (tertiary/aromatic N) is 7. The highest BCUT2D eigenvalue weighted by molar-refractivity contribution is 6.39. The van der Waals surface area contributed by atoms with Gasteiger partial charge in [-0.15, -0.1) is 0 Å². The molecule has 7 heterocycles. The SMILES string of the molecule is Cc1cc2c(cnn2C2CCCCO2)c(-c2c(Cl)cc3c(N4CC5CCC(C4)N5C(=O)OC(C)(C)C)nc(OC[C@@]45CCCN4C[C@H](F)C5)nc3c2F)c1Cl. The lowest BCUT2D eigenvalue weighted by Crippen LogP contribution is -2.57. The summed E-state index contributed by atoms with van der Waals surface area (Å²) >= 11 is 14.2. The van der Waals surface area contributed by atoms with Crippen molar-refractivity contribution in [1.82, 2.24) is 29.5 Å². The summed E-state index contributed by atoms with van der Waals surface area (Å²) in [6, 6.07) is 3.41. The highest BCUT2D eigenvalue weighted by Crippen LogP contribution is 2.47. The summed E-state index contributed by atoms with van der Waals surface area (Å²) in [7, 11) is 0. The molecule has 294 valence electrons. The average molecular weight is 799 g/mol. The van der Waals surface area contributed by atoms with Crippen molar-refractivity contribution in [3.63, 3.8) is 0 Å². The lowest BCUT2D eigenvalue weighted by atomic mass is 9.95. The van der Waals surface area contributed by atoms with Gasteiger partial charge in [0.15, 0.2) is 12.0 Å². The lowest BCUT2D eigenvalue weighted by molar-refractivity contribution is -0.0366. The zero-order valence-corrected chi connectivity index (χ0v) is 33.2. The predicted molar refractivity (Wildman–Crippen MR) is 207 cm³/mol. The third-order valence-corrected chi connectivity index (χ3v) is 12.9. The van der Waals surface area contributed by atoms with Crippen LogP contribution in [0.5, 0.6) is 6.01 Å². The van der Waals surface area contributed by atoms with Gasteiger partial charge in [0.1, 0.15) is 29.7 Å². The molecular weight excluding hydrogens is 751 g/mol. The molecule has 0 spiro atoms. The summed E-state index contributed by atoms with van der Waals surface area (Å²) in [5, 5.41) is 6.27. The molecule has 5 aliphatic heterocycles. The molecule has 2 bridgehead atoms. The number of fused-ring (bicyclic) bond motifs is 5. The van der Waals surface area contributed by atoms with Crippen LogP contribution in [0.3, 0.4) is 0 Å². The van der Waals surface area contributed by atoms with Crippen LogP contribution in [0.15, 0.2) is 18.3 Å². The molecule has 0 radical (unpaired) electrons. The fraction of sp³-hybridized carbons (Fsp3) is 0.600. The zero-order valence-electron chi connectivity index (χ0n) is 31.7. The van der Waals surface area contributed by atoms with Gasteiger partial charge in [-0.2, -0.15) is 15.1 Å². The molecule has 11 nitrogen and oxygen atoms in total. The van der Waals surface area contributed by atoms with E-state index in [0.29, 0.717) is 59.8 Å². The van der Waals surface area contributed by atoms with Gasteiger partial charge in [0.2, 0.25) is 0 Å². The lowest BCUT2D eigenvalue weighted by Gasteiger charge is -2.42. The van der Waals surface area contributed by atoms with E-state index in [1.807, 2.05) is 43.3 Å². The largest absolute Gasteiger partial charge is 0.461 e. The van der Waals surface area contributed by atoms with Crippen molar-refractivity contribution in [3.05, 3.63) is 39.8 Å². The zero-order chi connectivity index (χ0) is 38.4. The number of piperazine rings is 1. The van der Waals surface area contributed by atoms with Crippen LogP contribution in [-0.2, 0) is 9.47 Å². The fourth-order valence-electron chi connectivity index (χ4n) is 9.71. The molecule has 15 heteroatoms. The molecule has 5 aliphatic rings. The first-order valence-corrected chi connectivity index (χ1v) is 20.3. The second-order valence-electron chi connectivity index (χ2n) is 17.0. The molecular formula is C40H47Cl2F2N7O4. The van der Waals surface area contributed by atoms with Crippen LogP contribution in [-0.4, -0.2) is 104 Å². The third kappa shape index (κ3) is 6.46. The monoisotopic (exact) mass is 797 g/mol. The van der Waals surface area contributed by atoms with Crippen molar-refractivity contribution in [2.24, 2.45) is 0 Å². The molecule has 0 N–H and O–H groups in total. The van der Waals surface area contributed by atoms with Gasteiger partial charge in [0.25, 0.3) is 0 Å². The minimum Gasteiger partial charge on any atom is -0.461 e. The van der Waals surface area contributed by atoms with Crippen LogP contribution < -0.4 is 9.64 Å². The number of carbonyl (C=O) groups excluding carboxylic acids is 1. The Morgan fingerprint density at radius 3 is 2.55 bits per heavy atom. The molecule has 5 saturated heterocycles. The first-order valence-electron chi connectivity index (χ1n) is 19.6. The Balaban J connectivity index is 1.15. The summed E-state index contributed by atoms with van der Waals surface area (Å²) in [5.41, 5.74) is 1.00. The van der Waals surface area contributed by atoms with Gasteiger partial charge in [-0.25, -0.2) is 18.3 Å². The van der Waals surface area contributed by atoms with Crippen molar-refractivity contribution in [2.75, 3.05) is 44.3 Å². The Kier molecular flexibility index (Phi) is 9.33. The van der Waals surface area contributed by atoms with Crippen LogP contribution in [0.25, 0.3) is 32.9 Å². The fourth-order valence-corrected chi connectivity index (χ4v) is 10.3. The number of aryl methyl sites for hydroxylation is 1. The van der Waals surface area contributed by atoms with E-state index in [9.17, 15) is 9.18 Å². The van der Waals surface area contributed by atoms with Crippen LogP contribution >= 0.6 is 23.2 Å². The van der Waals surface area contributed by atoms with Crippen LogP contribution in [0.4, 0.5) is 19.4 Å². The van der Waals surface area contributed by atoms with Crippen LogP contribution in [0.1, 0.15) is 83.9 Å². The first-order chi connectivity index (χ1) is 26.3. The highest BCUT2D eigenvalue weighted by atomic mass is 35.5. The molecule has 2 aromatic heterocycles. The van der Waals surface area contributed by atoms with E-state index in [1.165, 1.54) is 0 Å². The Morgan fingerprint density at radius 1 is 1.04 bits per heavy atom. The van der Waals surface area contributed by atoms with E-state index in [0.717, 1.165) is 62.6 Å². The summed E-state index contributed by atoms with van der Waals surface area (Å²) in [6.45, 7) is 10.4. The van der Waals surface area contributed by atoms with Gasteiger partial charge in [-0.3, -0.25) is 9.80 Å². The number of amides is 1. The van der Waals surface area contributed by atoms with E-state index in [2.05, 4.69) is 9.80 Å². The molecule has 4 aromatic rings. The van der Waals surface area contributed by atoms with Crippen molar-refractivity contribution in [3.8, 4) is 17.1 Å². The van der Waals surface area contributed by atoms with Crippen molar-refractivity contribution in [2.45, 2.75) is 115 Å². The molecule has 5 atom stereocenters. The maximum atomic E-state index is 17.6. The number of alkyl halides is 1. The highest BCUT2D eigenvalue weighted by Gasteiger charge is 2.50. The van der Waals surface area contributed by atoms with Gasteiger partial charge in [-0.1, -0.05) is 23.2 Å². The van der Waals surface area contributed by atoms with Gasteiger partial charge in [-0.05, 0) is 96.9 Å². The summed E-state index contributed by atoms with van der Waals surface area (Å²) in [5.74, 6) is -0.196. The number of benzene rings is 2. The van der Waals surface area contributed by atoms with Crippen LogP contribution in [0, 0.1) is 12.7 Å². The number of hydrogen-bond donors (Lipinski definition) is 0. The molecule has 9 rings (SSSR count). The van der Waals surface area contributed by atoms with E-state index in [4.69, 9.17) is 52.5 Å². The minimum absolute atomic E-state index is 0.00266. The number of hydrogen-bond acceptors (Lipinski definition) is 9. The molecule has 0 aliphatic carbocycles. The second kappa shape index (κ2) is 13.8. The molecule has 55 heavy (non-hydrogen) atoms. The Labute approximate surface area is 329 Å². The third-order valence-electron chi connectivity index (χ3n) is 12.2. The number of anilines is 1. The Bertz CT molecular complexity index is 2160. The number of rotatable bonds is 6. The van der Waals surface area contributed by atoms with Gasteiger partial charge >= 0.3 is 12.1 Å². The maximum absolute atomic E-state index is 17.6.